The fourth-order valence-corrected chi connectivity index (χ4v) is 5.12. The molecule has 4 atom stereocenters. The molecule has 3 N–H and O–H groups in total. The minimum Gasteiger partial charge on any atom is -0.491 e. The van der Waals surface area contributed by atoms with E-state index in [0.29, 0.717) is 48.5 Å². The Morgan fingerprint density at radius 3 is 2.68 bits per heavy atom. The number of hydrogen-bond donors (Lipinski definition) is 3. The molecule has 7 heteroatoms. The van der Waals surface area contributed by atoms with Crippen molar-refractivity contribution in [2.24, 2.45) is 11.8 Å². The summed E-state index contributed by atoms with van der Waals surface area (Å²) in [6.45, 7) is 1.85. The number of rotatable bonds is 4. The van der Waals surface area contributed by atoms with Crippen LogP contribution in [0.5, 0.6) is 5.75 Å². The van der Waals surface area contributed by atoms with E-state index in [1.165, 1.54) is 0 Å². The van der Waals surface area contributed by atoms with Crippen molar-refractivity contribution in [3.63, 3.8) is 0 Å². The van der Waals surface area contributed by atoms with Gasteiger partial charge in [0.15, 0.2) is 0 Å². The van der Waals surface area contributed by atoms with Gasteiger partial charge in [-0.25, -0.2) is 0 Å². The van der Waals surface area contributed by atoms with Gasteiger partial charge < -0.3 is 25.1 Å². The van der Waals surface area contributed by atoms with E-state index in [1.807, 2.05) is 30.5 Å². The number of carbonyl (C=O) groups is 2. The Morgan fingerprint density at radius 1 is 1.03 bits per heavy atom. The normalized spacial score (nSPS) is 25.6. The average molecular weight is 417 g/mol. The fraction of sp³-hybridized carbons (Fsp3) is 0.333. The van der Waals surface area contributed by atoms with E-state index in [9.17, 15) is 9.59 Å². The highest BCUT2D eigenvalue weighted by Gasteiger charge is 2.54. The molecule has 2 amide bonds. The molecule has 7 nitrogen and oxygen atoms in total. The lowest BCUT2D eigenvalue weighted by atomic mass is 9.88. The highest BCUT2D eigenvalue weighted by atomic mass is 16.5. The van der Waals surface area contributed by atoms with Crippen molar-refractivity contribution in [3.05, 3.63) is 64.8 Å². The lowest BCUT2D eigenvalue weighted by Gasteiger charge is -2.14. The second kappa shape index (κ2) is 6.85. The third-order valence-corrected chi connectivity index (χ3v) is 6.88. The SMILES string of the molecule is CNC(=O)c1cc(C(=O)NC2[C@H]3COC[C@@H]23)cc2c1OC[C@@H]2c1cccc2[nH]ccc12. The standard InChI is InChI=1S/C24H23N3O4/c1-25-24(29)16-8-12(23(28)27-21-18-9-30-10-19(18)21)7-15-17(11-31-22(15)16)13-3-2-4-20-14(13)5-6-26-20/h2-8,17-19,21,26H,9-11H2,1H3,(H,25,29)(H,27,28)/t17-,18-,19+,21?/m1/s1. The first-order valence-corrected chi connectivity index (χ1v) is 10.6. The van der Waals surface area contributed by atoms with E-state index < -0.39 is 0 Å². The topological polar surface area (TPSA) is 92.5 Å². The molecule has 1 unspecified atom stereocenters. The van der Waals surface area contributed by atoms with E-state index in [4.69, 9.17) is 9.47 Å². The predicted octanol–water partition coefficient (Wildman–Crippen LogP) is 2.43. The Kier molecular flexibility index (Phi) is 4.08. The fourth-order valence-electron chi connectivity index (χ4n) is 5.12. The molecule has 31 heavy (non-hydrogen) atoms. The maximum absolute atomic E-state index is 13.1. The van der Waals surface area contributed by atoms with Crippen molar-refractivity contribution < 1.29 is 19.1 Å². The number of nitrogens with one attached hydrogen (secondary N) is 3. The van der Waals surface area contributed by atoms with E-state index >= 15 is 0 Å². The number of carbonyl (C=O) groups excluding carboxylic acids is 2. The molecule has 1 aromatic heterocycles. The molecular formula is C24H23N3O4. The van der Waals surface area contributed by atoms with Gasteiger partial charge in [-0.3, -0.25) is 9.59 Å². The molecule has 1 aliphatic carbocycles. The number of fused-ring (bicyclic) bond motifs is 3. The zero-order chi connectivity index (χ0) is 21.1. The van der Waals surface area contributed by atoms with Crippen LogP contribution in [0.15, 0.2) is 42.6 Å². The van der Waals surface area contributed by atoms with Crippen molar-refractivity contribution in [2.75, 3.05) is 26.9 Å². The number of ether oxygens (including phenoxy) is 2. The van der Waals surface area contributed by atoms with Crippen LogP contribution in [0.4, 0.5) is 0 Å². The summed E-state index contributed by atoms with van der Waals surface area (Å²) in [5.41, 5.74) is 3.92. The van der Waals surface area contributed by atoms with Crippen molar-refractivity contribution in [2.45, 2.75) is 12.0 Å². The lowest BCUT2D eigenvalue weighted by molar-refractivity contribution is 0.0929. The van der Waals surface area contributed by atoms with Crippen LogP contribution < -0.4 is 15.4 Å². The Morgan fingerprint density at radius 2 is 1.87 bits per heavy atom. The van der Waals surface area contributed by atoms with E-state index in [0.717, 1.165) is 22.0 Å². The largest absolute Gasteiger partial charge is 0.491 e. The van der Waals surface area contributed by atoms with E-state index in [2.05, 4.69) is 21.7 Å². The molecule has 0 spiro atoms. The summed E-state index contributed by atoms with van der Waals surface area (Å²) in [5, 5.41) is 6.92. The second-order valence-electron chi connectivity index (χ2n) is 8.54. The van der Waals surface area contributed by atoms with E-state index in [1.54, 1.807) is 13.1 Å². The molecule has 0 bridgehead atoms. The third kappa shape index (κ3) is 2.84. The van der Waals surface area contributed by atoms with Crippen molar-refractivity contribution >= 4 is 22.7 Å². The molecular weight excluding hydrogens is 394 g/mol. The van der Waals surface area contributed by atoms with Crippen LogP contribution in [0.25, 0.3) is 10.9 Å². The number of benzene rings is 2. The van der Waals surface area contributed by atoms with Gasteiger partial charge in [0.25, 0.3) is 11.8 Å². The van der Waals surface area contributed by atoms with Crippen molar-refractivity contribution in [1.82, 2.24) is 15.6 Å². The maximum Gasteiger partial charge on any atom is 0.254 e. The summed E-state index contributed by atoms with van der Waals surface area (Å²) in [5.74, 6) is 0.920. The van der Waals surface area contributed by atoms with Crippen LogP contribution in [0.3, 0.4) is 0 Å². The van der Waals surface area contributed by atoms with Gasteiger partial charge in [-0.1, -0.05) is 12.1 Å². The van der Waals surface area contributed by atoms with Crippen LogP contribution in [0.1, 0.15) is 37.8 Å². The summed E-state index contributed by atoms with van der Waals surface area (Å²) >= 11 is 0. The molecule has 2 aliphatic heterocycles. The smallest absolute Gasteiger partial charge is 0.254 e. The van der Waals surface area contributed by atoms with Crippen LogP contribution in [-0.2, 0) is 4.74 Å². The summed E-state index contributed by atoms with van der Waals surface area (Å²) in [4.78, 5) is 28.9. The minimum atomic E-state index is -0.261. The molecule has 0 radical (unpaired) electrons. The zero-order valence-corrected chi connectivity index (χ0v) is 17.1. The number of aromatic nitrogens is 1. The van der Waals surface area contributed by atoms with Crippen LogP contribution >= 0.6 is 0 Å². The minimum absolute atomic E-state index is 0.0561. The molecule has 3 heterocycles. The first-order chi connectivity index (χ1) is 15.2. The summed E-state index contributed by atoms with van der Waals surface area (Å²) < 4.78 is 11.4. The average Bonchev–Trinajstić information content (AvgIpc) is 3.29. The van der Waals surface area contributed by atoms with Gasteiger partial charge in [-0.05, 0) is 29.8 Å². The molecule has 3 aromatic rings. The first-order valence-electron chi connectivity index (χ1n) is 10.6. The number of hydrogen-bond acceptors (Lipinski definition) is 4. The highest BCUT2D eigenvalue weighted by molar-refractivity contribution is 6.02. The number of H-pyrrole nitrogens is 1. The Hall–Kier alpha value is -3.32. The Balaban J connectivity index is 1.40. The van der Waals surface area contributed by atoms with Gasteiger partial charge in [0.1, 0.15) is 5.75 Å². The molecule has 2 aromatic carbocycles. The molecule has 6 rings (SSSR count). The van der Waals surface area contributed by atoms with Crippen molar-refractivity contribution in [3.8, 4) is 5.75 Å². The second-order valence-corrected chi connectivity index (χ2v) is 8.54. The zero-order valence-electron chi connectivity index (χ0n) is 17.1. The van der Waals surface area contributed by atoms with Gasteiger partial charge in [0, 0.05) is 59.1 Å². The monoisotopic (exact) mass is 417 g/mol. The van der Waals surface area contributed by atoms with Gasteiger partial charge in [0.2, 0.25) is 0 Å². The quantitative estimate of drug-likeness (QED) is 0.608. The summed E-state index contributed by atoms with van der Waals surface area (Å²) in [6, 6.07) is 11.9. The van der Waals surface area contributed by atoms with Crippen molar-refractivity contribution in [1.29, 1.82) is 0 Å². The highest BCUT2D eigenvalue weighted by Crippen LogP contribution is 2.45. The maximum atomic E-state index is 13.1. The third-order valence-electron chi connectivity index (χ3n) is 6.88. The van der Waals surface area contributed by atoms with Crippen LogP contribution in [0.2, 0.25) is 0 Å². The molecule has 3 aliphatic rings. The number of amides is 2. The van der Waals surface area contributed by atoms with Gasteiger partial charge in [0.05, 0.1) is 25.4 Å². The number of aromatic amines is 1. The Bertz CT molecular complexity index is 1210. The van der Waals surface area contributed by atoms with Crippen LogP contribution in [-0.4, -0.2) is 49.7 Å². The van der Waals surface area contributed by atoms with Gasteiger partial charge in [-0.15, -0.1) is 0 Å². The van der Waals surface area contributed by atoms with Crippen LogP contribution in [0, 0.1) is 11.8 Å². The lowest BCUT2D eigenvalue weighted by Crippen LogP contribution is -2.30. The Labute approximate surface area is 179 Å². The summed E-state index contributed by atoms with van der Waals surface area (Å²) in [6.07, 6.45) is 1.92. The van der Waals surface area contributed by atoms with Gasteiger partial charge >= 0.3 is 0 Å². The first kappa shape index (κ1) is 18.4. The molecule has 1 saturated carbocycles. The molecule has 1 saturated heterocycles. The predicted molar refractivity (Wildman–Crippen MR) is 115 cm³/mol. The molecule has 2 fully saturated rings. The van der Waals surface area contributed by atoms with E-state index in [-0.39, 0.29) is 23.8 Å². The molecule has 158 valence electrons. The van der Waals surface area contributed by atoms with Gasteiger partial charge in [-0.2, -0.15) is 0 Å². The summed E-state index contributed by atoms with van der Waals surface area (Å²) in [7, 11) is 1.58.